The predicted octanol–water partition coefficient (Wildman–Crippen LogP) is 3.43. The molecule has 0 unspecified atom stereocenters. The van der Waals surface area contributed by atoms with Crippen molar-refractivity contribution in [2.24, 2.45) is 5.92 Å². The van der Waals surface area contributed by atoms with E-state index in [1.165, 1.54) is 5.69 Å². The first-order valence-electron chi connectivity index (χ1n) is 6.80. The Morgan fingerprint density at radius 1 is 1.42 bits per heavy atom. The van der Waals surface area contributed by atoms with Crippen LogP contribution in [0.2, 0.25) is 5.02 Å². The van der Waals surface area contributed by atoms with Crippen molar-refractivity contribution in [2.45, 2.75) is 26.7 Å². The first-order chi connectivity index (χ1) is 9.13. The summed E-state index contributed by atoms with van der Waals surface area (Å²) in [7, 11) is 0. The van der Waals surface area contributed by atoms with Gasteiger partial charge < -0.3 is 9.64 Å². The smallest absolute Gasteiger partial charge is 0.309 e. The molecule has 1 fully saturated rings. The Hall–Kier alpha value is -1.22. The van der Waals surface area contributed by atoms with Gasteiger partial charge in [0.2, 0.25) is 0 Å². The van der Waals surface area contributed by atoms with E-state index in [2.05, 4.69) is 11.0 Å². The number of nitrogens with zero attached hydrogens (tertiary/aromatic N) is 1. The number of rotatable bonds is 3. The van der Waals surface area contributed by atoms with E-state index in [-0.39, 0.29) is 11.9 Å². The summed E-state index contributed by atoms with van der Waals surface area (Å²) in [6, 6.07) is 5.97. The minimum absolute atomic E-state index is 0.0510. The predicted molar refractivity (Wildman–Crippen MR) is 77.8 cm³/mol. The van der Waals surface area contributed by atoms with E-state index in [0.717, 1.165) is 36.5 Å². The van der Waals surface area contributed by atoms with Crippen molar-refractivity contribution in [3.8, 4) is 0 Å². The molecule has 0 aliphatic carbocycles. The number of esters is 1. The van der Waals surface area contributed by atoms with Crippen molar-refractivity contribution in [3.63, 3.8) is 0 Å². The van der Waals surface area contributed by atoms with Crippen LogP contribution in [0, 0.1) is 12.8 Å². The lowest BCUT2D eigenvalue weighted by Gasteiger charge is -2.33. The second-order valence-corrected chi connectivity index (χ2v) is 5.30. The molecule has 0 N–H and O–H groups in total. The van der Waals surface area contributed by atoms with Gasteiger partial charge in [0, 0.05) is 23.8 Å². The normalized spacial score (nSPS) is 16.5. The van der Waals surface area contributed by atoms with Gasteiger partial charge in [0.05, 0.1) is 12.5 Å². The molecule has 0 spiro atoms. The van der Waals surface area contributed by atoms with Crippen LogP contribution in [0.25, 0.3) is 0 Å². The third kappa shape index (κ3) is 3.21. The molecule has 1 aromatic carbocycles. The summed E-state index contributed by atoms with van der Waals surface area (Å²) < 4.78 is 5.09. The topological polar surface area (TPSA) is 29.5 Å². The molecule has 0 radical (unpaired) electrons. The first-order valence-corrected chi connectivity index (χ1v) is 7.18. The number of hydrogen-bond acceptors (Lipinski definition) is 3. The first kappa shape index (κ1) is 14.2. The molecule has 0 atom stereocenters. The van der Waals surface area contributed by atoms with Crippen LogP contribution in [-0.4, -0.2) is 25.7 Å². The Balaban J connectivity index is 2.00. The number of hydrogen-bond donors (Lipinski definition) is 0. The molecule has 1 aromatic rings. The van der Waals surface area contributed by atoms with E-state index in [1.54, 1.807) is 0 Å². The third-order valence-corrected chi connectivity index (χ3v) is 4.10. The van der Waals surface area contributed by atoms with Crippen molar-refractivity contribution < 1.29 is 9.53 Å². The standard InChI is InChI=1S/C15H20ClNO2/c1-3-19-15(18)12-7-9-17(10-8-12)14-6-4-5-13(16)11(14)2/h4-6,12H,3,7-10H2,1-2H3. The lowest BCUT2D eigenvalue weighted by molar-refractivity contribution is -0.148. The molecule has 19 heavy (non-hydrogen) atoms. The highest BCUT2D eigenvalue weighted by Crippen LogP contribution is 2.30. The Bertz CT molecular complexity index is 453. The molecule has 1 aliphatic heterocycles. The van der Waals surface area contributed by atoms with Crippen LogP contribution in [0.5, 0.6) is 0 Å². The van der Waals surface area contributed by atoms with Gasteiger partial charge in [0.15, 0.2) is 0 Å². The maximum absolute atomic E-state index is 11.7. The number of carbonyl (C=O) groups is 1. The fourth-order valence-corrected chi connectivity index (χ4v) is 2.72. The number of halogens is 1. The van der Waals surface area contributed by atoms with E-state index in [0.29, 0.717) is 6.61 Å². The van der Waals surface area contributed by atoms with Crippen LogP contribution >= 0.6 is 11.6 Å². The summed E-state index contributed by atoms with van der Waals surface area (Å²) >= 11 is 6.15. The fraction of sp³-hybridized carbons (Fsp3) is 0.533. The zero-order valence-electron chi connectivity index (χ0n) is 11.5. The summed E-state index contributed by atoms with van der Waals surface area (Å²) in [5.41, 5.74) is 2.29. The highest BCUT2D eigenvalue weighted by atomic mass is 35.5. The van der Waals surface area contributed by atoms with E-state index in [1.807, 2.05) is 26.0 Å². The highest BCUT2D eigenvalue weighted by Gasteiger charge is 2.26. The molecule has 0 amide bonds. The second-order valence-electron chi connectivity index (χ2n) is 4.90. The fourth-order valence-electron chi connectivity index (χ4n) is 2.55. The average molecular weight is 282 g/mol. The largest absolute Gasteiger partial charge is 0.466 e. The van der Waals surface area contributed by atoms with Crippen LogP contribution in [0.4, 0.5) is 5.69 Å². The Morgan fingerprint density at radius 2 is 2.11 bits per heavy atom. The van der Waals surface area contributed by atoms with Crippen LogP contribution in [-0.2, 0) is 9.53 Å². The molecule has 0 bridgehead atoms. The number of piperidine rings is 1. The minimum atomic E-state index is -0.0510. The SMILES string of the molecule is CCOC(=O)C1CCN(c2cccc(Cl)c2C)CC1. The van der Waals surface area contributed by atoms with Crippen molar-refractivity contribution in [1.82, 2.24) is 0 Å². The van der Waals surface area contributed by atoms with Crippen LogP contribution in [0.1, 0.15) is 25.3 Å². The quantitative estimate of drug-likeness (QED) is 0.795. The molecule has 3 nitrogen and oxygen atoms in total. The molecular weight excluding hydrogens is 262 g/mol. The maximum atomic E-state index is 11.7. The molecule has 1 saturated heterocycles. The van der Waals surface area contributed by atoms with Gasteiger partial charge in [-0.25, -0.2) is 0 Å². The van der Waals surface area contributed by atoms with E-state index >= 15 is 0 Å². The van der Waals surface area contributed by atoms with Crippen LogP contribution < -0.4 is 4.90 Å². The van der Waals surface area contributed by atoms with E-state index < -0.39 is 0 Å². The number of ether oxygens (including phenoxy) is 1. The van der Waals surface area contributed by atoms with E-state index in [9.17, 15) is 4.79 Å². The minimum Gasteiger partial charge on any atom is -0.466 e. The van der Waals surface area contributed by atoms with Gasteiger partial charge in [-0.1, -0.05) is 17.7 Å². The zero-order chi connectivity index (χ0) is 13.8. The third-order valence-electron chi connectivity index (χ3n) is 3.69. The molecule has 1 heterocycles. The molecule has 2 rings (SSSR count). The zero-order valence-corrected chi connectivity index (χ0v) is 12.2. The van der Waals surface area contributed by atoms with Gasteiger partial charge >= 0.3 is 5.97 Å². The summed E-state index contributed by atoms with van der Waals surface area (Å²) in [4.78, 5) is 14.0. The molecule has 0 saturated carbocycles. The maximum Gasteiger partial charge on any atom is 0.309 e. The second kappa shape index (κ2) is 6.29. The molecule has 104 valence electrons. The molecule has 0 aromatic heterocycles. The Morgan fingerprint density at radius 3 is 2.74 bits per heavy atom. The van der Waals surface area contributed by atoms with Crippen molar-refractivity contribution in [2.75, 3.05) is 24.6 Å². The number of benzene rings is 1. The van der Waals surface area contributed by atoms with Gasteiger partial charge in [0.1, 0.15) is 0 Å². The lowest BCUT2D eigenvalue weighted by atomic mass is 9.96. The Kier molecular flexibility index (Phi) is 4.70. The highest BCUT2D eigenvalue weighted by molar-refractivity contribution is 6.31. The van der Waals surface area contributed by atoms with Crippen LogP contribution in [0.15, 0.2) is 18.2 Å². The molecule has 4 heteroatoms. The van der Waals surface area contributed by atoms with Crippen molar-refractivity contribution in [1.29, 1.82) is 0 Å². The molecule has 1 aliphatic rings. The lowest BCUT2D eigenvalue weighted by Crippen LogP contribution is -2.37. The average Bonchev–Trinajstić information content (AvgIpc) is 2.42. The summed E-state index contributed by atoms with van der Waals surface area (Å²) in [5.74, 6) is 0.000608. The van der Waals surface area contributed by atoms with Gasteiger partial charge in [-0.05, 0) is 44.4 Å². The van der Waals surface area contributed by atoms with E-state index in [4.69, 9.17) is 16.3 Å². The monoisotopic (exact) mass is 281 g/mol. The van der Waals surface area contributed by atoms with Crippen molar-refractivity contribution >= 4 is 23.3 Å². The van der Waals surface area contributed by atoms with Crippen molar-refractivity contribution in [3.05, 3.63) is 28.8 Å². The summed E-state index contributed by atoms with van der Waals surface area (Å²) in [5, 5.41) is 0.796. The molecular formula is C15H20ClNO2. The Labute approximate surface area is 119 Å². The number of anilines is 1. The van der Waals surface area contributed by atoms with Gasteiger partial charge in [-0.2, -0.15) is 0 Å². The number of carbonyl (C=O) groups excluding carboxylic acids is 1. The summed E-state index contributed by atoms with van der Waals surface area (Å²) in [6.45, 7) is 6.11. The van der Waals surface area contributed by atoms with Gasteiger partial charge in [-0.15, -0.1) is 0 Å². The summed E-state index contributed by atoms with van der Waals surface area (Å²) in [6.07, 6.45) is 1.70. The van der Waals surface area contributed by atoms with Gasteiger partial charge in [0.25, 0.3) is 0 Å². The van der Waals surface area contributed by atoms with Gasteiger partial charge in [-0.3, -0.25) is 4.79 Å². The van der Waals surface area contributed by atoms with Crippen LogP contribution in [0.3, 0.4) is 0 Å².